The molecule has 2 saturated heterocycles. The molecule has 3 aromatic carbocycles. The number of amides is 1. The number of carbonyl (C=O) groups excluding carboxylic acids is 2. The first-order valence-corrected chi connectivity index (χ1v) is 11.7. The monoisotopic (exact) mass is 457 g/mol. The molecule has 174 valence electrons. The van der Waals surface area contributed by atoms with Gasteiger partial charge in [-0.3, -0.25) is 9.59 Å². The van der Waals surface area contributed by atoms with E-state index < -0.39 is 17.7 Å². The van der Waals surface area contributed by atoms with E-state index >= 15 is 0 Å². The second-order valence-corrected chi connectivity index (χ2v) is 8.62. The van der Waals surface area contributed by atoms with Crippen molar-refractivity contribution in [2.24, 2.45) is 0 Å². The molecule has 2 aliphatic heterocycles. The van der Waals surface area contributed by atoms with Gasteiger partial charge in [0.1, 0.15) is 11.5 Å². The van der Waals surface area contributed by atoms with Crippen LogP contribution in [0.3, 0.4) is 0 Å². The van der Waals surface area contributed by atoms with E-state index in [4.69, 9.17) is 9.47 Å². The zero-order chi connectivity index (χ0) is 23.7. The van der Waals surface area contributed by atoms with Crippen molar-refractivity contribution in [3.05, 3.63) is 83.4 Å². The number of aliphatic hydroxyl groups excluding tert-OH is 1. The van der Waals surface area contributed by atoms with Gasteiger partial charge >= 0.3 is 0 Å². The molecule has 0 spiro atoms. The van der Waals surface area contributed by atoms with Crippen LogP contribution in [0, 0.1) is 0 Å². The van der Waals surface area contributed by atoms with Gasteiger partial charge in [-0.15, -0.1) is 0 Å². The lowest BCUT2D eigenvalue weighted by atomic mass is 9.91. The third-order valence-corrected chi connectivity index (χ3v) is 6.50. The molecule has 0 saturated carbocycles. The van der Waals surface area contributed by atoms with E-state index in [0.717, 1.165) is 29.2 Å². The van der Waals surface area contributed by atoms with Crippen molar-refractivity contribution < 1.29 is 24.2 Å². The summed E-state index contributed by atoms with van der Waals surface area (Å²) in [6.07, 6.45) is 1.64. The van der Waals surface area contributed by atoms with Crippen LogP contribution < -0.4 is 4.74 Å². The van der Waals surface area contributed by atoms with Gasteiger partial charge < -0.3 is 19.5 Å². The third kappa shape index (κ3) is 3.94. The first-order valence-electron chi connectivity index (χ1n) is 11.7. The number of hydrogen-bond acceptors (Lipinski definition) is 5. The summed E-state index contributed by atoms with van der Waals surface area (Å²) in [5.74, 6) is -0.916. The molecule has 5 rings (SSSR count). The van der Waals surface area contributed by atoms with Crippen LogP contribution in [0.15, 0.2) is 72.3 Å². The molecule has 6 heteroatoms. The van der Waals surface area contributed by atoms with E-state index in [0.29, 0.717) is 31.1 Å². The minimum atomic E-state index is -0.717. The summed E-state index contributed by atoms with van der Waals surface area (Å²) in [6, 6.07) is 19.9. The molecule has 2 aliphatic rings. The van der Waals surface area contributed by atoms with E-state index in [-0.39, 0.29) is 17.4 Å². The summed E-state index contributed by atoms with van der Waals surface area (Å²) < 4.78 is 11.4. The molecule has 0 bridgehead atoms. The van der Waals surface area contributed by atoms with E-state index in [2.05, 4.69) is 0 Å². The van der Waals surface area contributed by atoms with Crippen LogP contribution in [0.4, 0.5) is 0 Å². The normalized spacial score (nSPS) is 22.0. The summed E-state index contributed by atoms with van der Waals surface area (Å²) in [4.78, 5) is 28.2. The average molecular weight is 458 g/mol. The van der Waals surface area contributed by atoms with Crippen molar-refractivity contribution in [3.8, 4) is 5.75 Å². The van der Waals surface area contributed by atoms with Gasteiger partial charge in [0.15, 0.2) is 0 Å². The Balaban J connectivity index is 1.68. The molecule has 6 nitrogen and oxygen atoms in total. The van der Waals surface area contributed by atoms with Gasteiger partial charge in [0, 0.05) is 18.7 Å². The number of Topliss-reactive ketones (excluding diaryl/α,β-unsaturated/α-hetero) is 1. The molecule has 2 fully saturated rings. The molecule has 3 aromatic rings. The number of nitrogens with zero attached hydrogens (tertiary/aromatic N) is 1. The second kappa shape index (κ2) is 9.31. The summed E-state index contributed by atoms with van der Waals surface area (Å²) in [7, 11) is 0. The quantitative estimate of drug-likeness (QED) is 0.326. The van der Waals surface area contributed by atoms with Crippen LogP contribution in [0.5, 0.6) is 5.75 Å². The van der Waals surface area contributed by atoms with Gasteiger partial charge in [0.05, 0.1) is 24.3 Å². The van der Waals surface area contributed by atoms with Crippen LogP contribution in [-0.2, 0) is 14.3 Å². The molecule has 1 N–H and O–H groups in total. The Bertz CT molecular complexity index is 1270. The smallest absolute Gasteiger partial charge is 0.295 e. The highest BCUT2D eigenvalue weighted by atomic mass is 16.5. The Kier molecular flexibility index (Phi) is 6.07. The van der Waals surface area contributed by atoms with Crippen LogP contribution in [0.1, 0.15) is 36.9 Å². The Labute approximate surface area is 198 Å². The van der Waals surface area contributed by atoms with Gasteiger partial charge in [0.25, 0.3) is 11.7 Å². The fraction of sp³-hybridized carbons (Fsp3) is 0.286. The highest BCUT2D eigenvalue weighted by Gasteiger charge is 2.47. The molecule has 1 amide bonds. The fourth-order valence-electron chi connectivity index (χ4n) is 4.94. The predicted molar refractivity (Wildman–Crippen MR) is 130 cm³/mol. The molecular formula is C28H27NO5. The van der Waals surface area contributed by atoms with Crippen molar-refractivity contribution in [2.45, 2.75) is 31.9 Å². The number of benzene rings is 3. The van der Waals surface area contributed by atoms with Crippen molar-refractivity contribution >= 4 is 28.2 Å². The standard InChI is InChI=1S/C28H27NO5/c1-2-33-20-11-5-10-19(16-20)26(30)24-25(23-14-6-9-18-8-3-4-13-22(18)23)29(28(32)27(24)31)17-21-12-7-15-34-21/h3-6,8-11,13-14,16,21,25,30H,2,7,12,15,17H2,1H3/b26-24-. The molecule has 0 aliphatic carbocycles. The molecule has 34 heavy (non-hydrogen) atoms. The van der Waals surface area contributed by atoms with E-state index in [1.54, 1.807) is 29.2 Å². The second-order valence-electron chi connectivity index (χ2n) is 8.62. The molecule has 0 aromatic heterocycles. The van der Waals surface area contributed by atoms with Gasteiger partial charge in [-0.25, -0.2) is 0 Å². The predicted octanol–water partition coefficient (Wildman–Crippen LogP) is 4.84. The molecular weight excluding hydrogens is 430 g/mol. The first-order chi connectivity index (χ1) is 16.6. The lowest BCUT2D eigenvalue weighted by Gasteiger charge is -2.28. The van der Waals surface area contributed by atoms with E-state index in [1.807, 2.05) is 49.4 Å². The van der Waals surface area contributed by atoms with Gasteiger partial charge in [-0.2, -0.15) is 0 Å². The third-order valence-electron chi connectivity index (χ3n) is 6.50. The summed E-state index contributed by atoms with van der Waals surface area (Å²) in [5.41, 5.74) is 1.33. The Morgan fingerprint density at radius 1 is 1.09 bits per heavy atom. The summed E-state index contributed by atoms with van der Waals surface area (Å²) in [6.45, 7) is 3.31. The van der Waals surface area contributed by atoms with Crippen molar-refractivity contribution in [2.75, 3.05) is 19.8 Å². The van der Waals surface area contributed by atoms with E-state index in [9.17, 15) is 14.7 Å². The van der Waals surface area contributed by atoms with Gasteiger partial charge in [0.2, 0.25) is 0 Å². The van der Waals surface area contributed by atoms with Gasteiger partial charge in [-0.1, -0.05) is 54.6 Å². The Hall–Kier alpha value is -3.64. The largest absolute Gasteiger partial charge is 0.507 e. The lowest BCUT2D eigenvalue weighted by molar-refractivity contribution is -0.140. The van der Waals surface area contributed by atoms with Crippen LogP contribution >= 0.6 is 0 Å². The Morgan fingerprint density at radius 2 is 1.88 bits per heavy atom. The van der Waals surface area contributed by atoms with Crippen LogP contribution in [0.25, 0.3) is 16.5 Å². The maximum Gasteiger partial charge on any atom is 0.295 e. The molecule has 2 atom stereocenters. The maximum atomic E-state index is 13.4. The molecule has 0 radical (unpaired) electrons. The number of fused-ring (bicyclic) bond motifs is 1. The SMILES string of the molecule is CCOc1cccc(/C(O)=C2/C(=O)C(=O)N(CC3CCCO3)C2c2cccc3ccccc23)c1. The number of hydrogen-bond donors (Lipinski definition) is 1. The highest BCUT2D eigenvalue weighted by molar-refractivity contribution is 6.46. The minimum Gasteiger partial charge on any atom is -0.507 e. The lowest BCUT2D eigenvalue weighted by Crippen LogP contribution is -2.36. The summed E-state index contributed by atoms with van der Waals surface area (Å²) >= 11 is 0. The first kappa shape index (κ1) is 22.2. The number of carbonyl (C=O) groups is 2. The van der Waals surface area contributed by atoms with Crippen LogP contribution in [-0.4, -0.2) is 47.6 Å². The molecule has 2 heterocycles. The topological polar surface area (TPSA) is 76.1 Å². The van der Waals surface area contributed by atoms with Gasteiger partial charge in [-0.05, 0) is 48.2 Å². The van der Waals surface area contributed by atoms with Crippen LogP contribution in [0.2, 0.25) is 0 Å². The number of aliphatic hydroxyl groups is 1. The van der Waals surface area contributed by atoms with Crippen molar-refractivity contribution in [1.29, 1.82) is 0 Å². The summed E-state index contributed by atoms with van der Waals surface area (Å²) in [5, 5.41) is 13.3. The average Bonchev–Trinajstić information content (AvgIpc) is 3.46. The zero-order valence-corrected chi connectivity index (χ0v) is 19.1. The fourth-order valence-corrected chi connectivity index (χ4v) is 4.94. The number of ether oxygens (including phenoxy) is 2. The number of likely N-dealkylation sites (tertiary alicyclic amines) is 1. The number of rotatable bonds is 6. The number of ketones is 1. The van der Waals surface area contributed by atoms with Crippen molar-refractivity contribution in [3.63, 3.8) is 0 Å². The zero-order valence-electron chi connectivity index (χ0n) is 19.1. The van der Waals surface area contributed by atoms with Crippen molar-refractivity contribution in [1.82, 2.24) is 4.90 Å². The minimum absolute atomic E-state index is 0.0907. The van der Waals surface area contributed by atoms with E-state index in [1.165, 1.54) is 0 Å². The Morgan fingerprint density at radius 3 is 2.68 bits per heavy atom. The highest BCUT2D eigenvalue weighted by Crippen LogP contribution is 2.42. The molecule has 2 unspecified atom stereocenters. The maximum absolute atomic E-state index is 13.4.